The number of benzene rings is 4. The van der Waals surface area contributed by atoms with Gasteiger partial charge in [0, 0.05) is 16.5 Å². The van der Waals surface area contributed by atoms with E-state index in [1.807, 2.05) is 42.5 Å². The summed E-state index contributed by atoms with van der Waals surface area (Å²) in [6.07, 6.45) is 0. The van der Waals surface area contributed by atoms with E-state index in [-0.39, 0.29) is 11.4 Å². The summed E-state index contributed by atoms with van der Waals surface area (Å²) >= 11 is 0. The Hall–Kier alpha value is -3.95. The minimum Gasteiger partial charge on any atom is -0.398 e. The van der Waals surface area contributed by atoms with E-state index in [0.29, 0.717) is 17.1 Å². The lowest BCUT2D eigenvalue weighted by molar-refractivity contribution is 0.483. The van der Waals surface area contributed by atoms with Crippen LogP contribution in [0.15, 0.2) is 110 Å². The summed E-state index contributed by atoms with van der Waals surface area (Å²) in [5.74, 6) is 0. The molecular formula is C22H17N5O3S. The van der Waals surface area contributed by atoms with E-state index in [4.69, 9.17) is 5.73 Å². The van der Waals surface area contributed by atoms with E-state index in [9.17, 15) is 13.0 Å². The lowest BCUT2D eigenvalue weighted by atomic mass is 10.1. The maximum atomic E-state index is 11.9. The highest BCUT2D eigenvalue weighted by Crippen LogP contribution is 2.34. The van der Waals surface area contributed by atoms with Crippen molar-refractivity contribution in [3.63, 3.8) is 0 Å². The number of rotatable bonds is 5. The van der Waals surface area contributed by atoms with Gasteiger partial charge in [0.05, 0.1) is 17.1 Å². The molecule has 0 aliphatic rings. The van der Waals surface area contributed by atoms with Crippen molar-refractivity contribution in [1.29, 1.82) is 0 Å². The van der Waals surface area contributed by atoms with Gasteiger partial charge < -0.3 is 5.73 Å². The monoisotopic (exact) mass is 431 g/mol. The zero-order chi connectivity index (χ0) is 21.8. The first-order valence-corrected chi connectivity index (χ1v) is 10.6. The zero-order valence-corrected chi connectivity index (χ0v) is 16.9. The normalized spacial score (nSPS) is 12.2. The van der Waals surface area contributed by atoms with Crippen molar-refractivity contribution >= 4 is 49.3 Å². The molecule has 0 saturated heterocycles. The standard InChI is InChI=1S/C22H17N5O3S/c23-19-11-13-20(18-9-5-4-8-17(18)19)26-27-21-12-10-16(14-22(21)31(28,29)30)25-24-15-6-2-1-3-7-15/h1-14H,23H2,(H,28,29,30)/b25-24+,27-26+. The summed E-state index contributed by atoms with van der Waals surface area (Å²) in [5, 5.41) is 17.9. The Morgan fingerprint density at radius 1 is 0.645 bits per heavy atom. The molecule has 4 rings (SSSR count). The Bertz CT molecular complexity index is 1420. The van der Waals surface area contributed by atoms with Gasteiger partial charge in [-0.05, 0) is 42.5 Å². The first-order valence-electron chi connectivity index (χ1n) is 9.19. The number of hydrogen-bond donors (Lipinski definition) is 2. The third kappa shape index (κ3) is 4.63. The van der Waals surface area contributed by atoms with Crippen molar-refractivity contribution in [1.82, 2.24) is 0 Å². The van der Waals surface area contributed by atoms with Crippen LogP contribution in [0, 0.1) is 0 Å². The van der Waals surface area contributed by atoms with Gasteiger partial charge in [0.15, 0.2) is 0 Å². The third-order valence-electron chi connectivity index (χ3n) is 4.46. The van der Waals surface area contributed by atoms with Gasteiger partial charge in [-0.1, -0.05) is 42.5 Å². The zero-order valence-electron chi connectivity index (χ0n) is 16.1. The first-order chi connectivity index (χ1) is 14.9. The van der Waals surface area contributed by atoms with E-state index < -0.39 is 15.0 Å². The Kier molecular flexibility index (Phi) is 5.52. The van der Waals surface area contributed by atoms with Gasteiger partial charge in [0.2, 0.25) is 0 Å². The van der Waals surface area contributed by atoms with Crippen molar-refractivity contribution in [2.45, 2.75) is 4.90 Å². The maximum absolute atomic E-state index is 11.9. The predicted molar refractivity (Wildman–Crippen MR) is 119 cm³/mol. The van der Waals surface area contributed by atoms with Crippen molar-refractivity contribution in [3.05, 3.63) is 84.9 Å². The minimum absolute atomic E-state index is 0.0259. The average Bonchev–Trinajstić information content (AvgIpc) is 2.78. The number of azo groups is 2. The summed E-state index contributed by atoms with van der Waals surface area (Å²) in [6.45, 7) is 0. The van der Waals surface area contributed by atoms with Crippen LogP contribution < -0.4 is 5.73 Å². The van der Waals surface area contributed by atoms with Gasteiger partial charge in [-0.2, -0.15) is 18.6 Å². The van der Waals surface area contributed by atoms with Gasteiger partial charge >= 0.3 is 0 Å². The molecule has 0 aliphatic heterocycles. The van der Waals surface area contributed by atoms with Crippen molar-refractivity contribution in [2.24, 2.45) is 20.5 Å². The van der Waals surface area contributed by atoms with Gasteiger partial charge in [0.1, 0.15) is 10.6 Å². The van der Waals surface area contributed by atoms with Crippen LogP contribution in [0.3, 0.4) is 0 Å². The van der Waals surface area contributed by atoms with Crippen LogP contribution in [-0.4, -0.2) is 13.0 Å². The number of nitrogens with two attached hydrogens (primary N) is 1. The van der Waals surface area contributed by atoms with Gasteiger partial charge in [-0.15, -0.1) is 10.2 Å². The number of hydrogen-bond acceptors (Lipinski definition) is 7. The smallest absolute Gasteiger partial charge is 0.296 e. The van der Waals surface area contributed by atoms with Crippen LogP contribution in [0.2, 0.25) is 0 Å². The minimum atomic E-state index is -4.57. The Morgan fingerprint density at radius 3 is 2.00 bits per heavy atom. The SMILES string of the molecule is Nc1ccc(/N=N/c2ccc(/N=N/c3ccccc3)cc2S(=O)(=O)O)c2ccccc12. The summed E-state index contributed by atoms with van der Waals surface area (Å²) in [6, 6.07) is 23.9. The summed E-state index contributed by atoms with van der Waals surface area (Å²) < 4.78 is 33.5. The Balaban J connectivity index is 1.72. The fraction of sp³-hybridized carbons (Fsp3) is 0. The molecule has 0 fully saturated rings. The molecule has 0 aliphatic carbocycles. The second-order valence-corrected chi connectivity index (χ2v) is 7.97. The molecular weight excluding hydrogens is 414 g/mol. The summed E-state index contributed by atoms with van der Waals surface area (Å²) in [4.78, 5) is -0.416. The molecule has 4 aromatic rings. The van der Waals surface area contributed by atoms with E-state index in [2.05, 4.69) is 20.5 Å². The largest absolute Gasteiger partial charge is 0.398 e. The molecule has 0 heterocycles. The highest BCUT2D eigenvalue weighted by atomic mass is 32.2. The van der Waals surface area contributed by atoms with Crippen LogP contribution in [-0.2, 0) is 10.1 Å². The molecule has 31 heavy (non-hydrogen) atoms. The molecule has 0 saturated carbocycles. The molecule has 0 amide bonds. The van der Waals surface area contributed by atoms with Crippen LogP contribution in [0.5, 0.6) is 0 Å². The Morgan fingerprint density at radius 2 is 1.26 bits per heavy atom. The van der Waals surface area contributed by atoms with Crippen molar-refractivity contribution in [3.8, 4) is 0 Å². The van der Waals surface area contributed by atoms with Crippen molar-refractivity contribution in [2.75, 3.05) is 5.73 Å². The van der Waals surface area contributed by atoms with E-state index in [0.717, 1.165) is 10.8 Å². The highest BCUT2D eigenvalue weighted by Gasteiger charge is 2.17. The molecule has 8 nitrogen and oxygen atoms in total. The molecule has 0 radical (unpaired) electrons. The molecule has 9 heteroatoms. The third-order valence-corrected chi connectivity index (χ3v) is 5.34. The fourth-order valence-electron chi connectivity index (χ4n) is 2.97. The summed E-state index contributed by atoms with van der Waals surface area (Å²) in [5.41, 5.74) is 7.93. The molecule has 154 valence electrons. The van der Waals surface area contributed by atoms with E-state index in [1.165, 1.54) is 18.2 Å². The number of nitrogen functional groups attached to an aromatic ring is 1. The second kappa shape index (κ2) is 8.42. The number of anilines is 1. The molecule has 0 unspecified atom stereocenters. The van der Waals surface area contributed by atoms with Crippen LogP contribution >= 0.6 is 0 Å². The first kappa shape index (κ1) is 20.3. The van der Waals surface area contributed by atoms with Crippen LogP contribution in [0.1, 0.15) is 0 Å². The van der Waals surface area contributed by atoms with Crippen LogP contribution in [0.4, 0.5) is 28.4 Å². The van der Waals surface area contributed by atoms with E-state index >= 15 is 0 Å². The fourth-order valence-corrected chi connectivity index (χ4v) is 3.61. The maximum Gasteiger partial charge on any atom is 0.296 e. The predicted octanol–water partition coefficient (Wildman–Crippen LogP) is 6.50. The molecule has 0 spiro atoms. The van der Waals surface area contributed by atoms with Gasteiger partial charge in [-0.3, -0.25) is 4.55 Å². The number of fused-ring (bicyclic) bond motifs is 1. The van der Waals surface area contributed by atoms with Crippen molar-refractivity contribution < 1.29 is 13.0 Å². The van der Waals surface area contributed by atoms with Gasteiger partial charge in [0.25, 0.3) is 10.1 Å². The second-order valence-electron chi connectivity index (χ2n) is 6.58. The molecule has 0 atom stereocenters. The summed E-state index contributed by atoms with van der Waals surface area (Å²) in [7, 11) is -4.57. The lowest BCUT2D eigenvalue weighted by Crippen LogP contribution is -1.98. The number of nitrogens with zero attached hydrogens (tertiary/aromatic N) is 4. The molecule has 4 aromatic carbocycles. The average molecular weight is 431 g/mol. The topological polar surface area (TPSA) is 130 Å². The van der Waals surface area contributed by atoms with E-state index in [1.54, 1.807) is 24.3 Å². The molecule has 3 N–H and O–H groups in total. The van der Waals surface area contributed by atoms with Gasteiger partial charge in [-0.25, -0.2) is 0 Å². The molecule has 0 aromatic heterocycles. The van der Waals surface area contributed by atoms with Crippen LogP contribution in [0.25, 0.3) is 10.8 Å². The highest BCUT2D eigenvalue weighted by molar-refractivity contribution is 7.86. The lowest BCUT2D eigenvalue weighted by Gasteiger charge is -2.05. The quantitative estimate of drug-likeness (QED) is 0.212. The molecule has 0 bridgehead atoms. The Labute approximate surface area is 178 Å².